The molecule has 1 aromatic heterocycles. The molecule has 1 N–H and O–H groups in total. The highest BCUT2D eigenvalue weighted by molar-refractivity contribution is 7.89. The molecule has 142 valence electrons. The molecule has 0 spiro atoms. The maximum Gasteiger partial charge on any atom is 0.271 e. The summed E-state index contributed by atoms with van der Waals surface area (Å²) in [5.41, 5.74) is 4.17. The van der Waals surface area contributed by atoms with Crippen molar-refractivity contribution < 1.29 is 13.2 Å². The molecule has 0 atom stereocenters. The molecule has 2 aromatic carbocycles. The lowest BCUT2D eigenvalue weighted by Crippen LogP contribution is -2.33. The lowest BCUT2D eigenvalue weighted by atomic mass is 10.2. The number of carbonyl (C=O) groups is 1. The van der Waals surface area contributed by atoms with Crippen molar-refractivity contribution >= 4 is 38.6 Å². The Balaban J connectivity index is 1.96. The first-order valence-corrected chi connectivity index (χ1v) is 10.0. The number of fused-ring (bicyclic) bond motifs is 1. The van der Waals surface area contributed by atoms with Crippen LogP contribution in [0.25, 0.3) is 11.0 Å². The van der Waals surface area contributed by atoms with Gasteiger partial charge in [0.25, 0.3) is 5.91 Å². The molecule has 0 bridgehead atoms. The Morgan fingerprint density at radius 3 is 2.63 bits per heavy atom. The third kappa shape index (κ3) is 3.69. The highest BCUT2D eigenvalue weighted by atomic mass is 35.5. The fraction of sp³-hybridized carbons (Fsp3) is 0.222. The van der Waals surface area contributed by atoms with Gasteiger partial charge in [0.15, 0.2) is 0 Å². The fourth-order valence-electron chi connectivity index (χ4n) is 2.50. The molecule has 9 heteroatoms. The van der Waals surface area contributed by atoms with Gasteiger partial charge in [-0.1, -0.05) is 23.7 Å². The van der Waals surface area contributed by atoms with Crippen LogP contribution < -0.4 is 5.43 Å². The lowest BCUT2D eigenvalue weighted by Gasteiger charge is -2.21. The summed E-state index contributed by atoms with van der Waals surface area (Å²) >= 11 is 6.15. The number of imidazole rings is 1. The minimum atomic E-state index is -3.73. The number of nitrogens with one attached hydrogen (secondary N) is 1. The van der Waals surface area contributed by atoms with E-state index in [0.29, 0.717) is 5.52 Å². The Labute approximate surface area is 162 Å². The van der Waals surface area contributed by atoms with Crippen LogP contribution in [0.2, 0.25) is 5.02 Å². The van der Waals surface area contributed by atoms with E-state index < -0.39 is 15.9 Å². The molecule has 0 aliphatic heterocycles. The second-order valence-electron chi connectivity index (χ2n) is 6.30. The number of benzene rings is 2. The first-order valence-electron chi connectivity index (χ1n) is 8.23. The van der Waals surface area contributed by atoms with Gasteiger partial charge >= 0.3 is 0 Å². The SMILES string of the molecule is CC(C)N(C)S(=O)(=O)c1ccc(Cl)c(C(=O)Nn2cnc3ccccc32)c1. The van der Waals surface area contributed by atoms with Crippen LogP contribution in [0.5, 0.6) is 0 Å². The summed E-state index contributed by atoms with van der Waals surface area (Å²) in [5.74, 6) is -0.535. The van der Waals surface area contributed by atoms with Crippen LogP contribution in [0.3, 0.4) is 0 Å². The van der Waals surface area contributed by atoms with Crippen LogP contribution in [0, 0.1) is 0 Å². The molecule has 0 unspecified atom stereocenters. The van der Waals surface area contributed by atoms with Crippen molar-refractivity contribution in [2.75, 3.05) is 12.5 Å². The highest BCUT2D eigenvalue weighted by Gasteiger charge is 2.25. The third-order valence-corrected chi connectivity index (χ3v) is 6.62. The lowest BCUT2D eigenvalue weighted by molar-refractivity contribution is 0.101. The number of rotatable bonds is 5. The van der Waals surface area contributed by atoms with Gasteiger partial charge in [0.2, 0.25) is 10.0 Å². The number of aromatic nitrogens is 2. The molecule has 7 nitrogen and oxygen atoms in total. The van der Waals surface area contributed by atoms with Crippen LogP contribution >= 0.6 is 11.6 Å². The Kier molecular flexibility index (Phi) is 5.23. The third-order valence-electron chi connectivity index (χ3n) is 4.26. The predicted octanol–water partition coefficient (Wildman–Crippen LogP) is 3.10. The number of hydrogen-bond donors (Lipinski definition) is 1. The quantitative estimate of drug-likeness (QED) is 0.705. The number of nitrogens with zero attached hydrogens (tertiary/aromatic N) is 3. The first kappa shape index (κ1) is 19.3. The van der Waals surface area contributed by atoms with E-state index in [1.54, 1.807) is 13.8 Å². The van der Waals surface area contributed by atoms with Gasteiger partial charge in [-0.3, -0.25) is 10.2 Å². The van der Waals surface area contributed by atoms with Crippen molar-refractivity contribution in [3.8, 4) is 0 Å². The molecular weight excluding hydrogens is 388 g/mol. The number of para-hydroxylation sites is 2. The molecule has 0 fully saturated rings. The van der Waals surface area contributed by atoms with Crippen molar-refractivity contribution in [3.63, 3.8) is 0 Å². The van der Waals surface area contributed by atoms with Gasteiger partial charge in [0, 0.05) is 13.1 Å². The van der Waals surface area contributed by atoms with Gasteiger partial charge in [-0.15, -0.1) is 0 Å². The van der Waals surface area contributed by atoms with E-state index in [9.17, 15) is 13.2 Å². The largest absolute Gasteiger partial charge is 0.271 e. The van der Waals surface area contributed by atoms with E-state index in [0.717, 1.165) is 5.52 Å². The summed E-state index contributed by atoms with van der Waals surface area (Å²) in [6.45, 7) is 3.54. The molecule has 1 heterocycles. The van der Waals surface area contributed by atoms with Gasteiger partial charge < -0.3 is 0 Å². The van der Waals surface area contributed by atoms with E-state index >= 15 is 0 Å². The van der Waals surface area contributed by atoms with Crippen LogP contribution in [0.4, 0.5) is 0 Å². The second-order valence-corrected chi connectivity index (χ2v) is 8.71. The van der Waals surface area contributed by atoms with Crippen molar-refractivity contribution in [3.05, 3.63) is 59.4 Å². The van der Waals surface area contributed by atoms with E-state index in [4.69, 9.17) is 11.6 Å². The molecule has 0 saturated heterocycles. The highest BCUT2D eigenvalue weighted by Crippen LogP contribution is 2.24. The topological polar surface area (TPSA) is 84.3 Å². The Morgan fingerprint density at radius 1 is 1.22 bits per heavy atom. The average molecular weight is 407 g/mol. The minimum Gasteiger partial charge on any atom is -0.267 e. The zero-order valence-electron chi connectivity index (χ0n) is 15.0. The Bertz CT molecular complexity index is 1110. The summed E-state index contributed by atoms with van der Waals surface area (Å²) in [6, 6.07) is 11.2. The Morgan fingerprint density at radius 2 is 1.93 bits per heavy atom. The normalized spacial score (nSPS) is 12.1. The molecule has 0 radical (unpaired) electrons. The molecule has 3 rings (SSSR count). The van der Waals surface area contributed by atoms with E-state index in [1.807, 2.05) is 24.3 Å². The second kappa shape index (κ2) is 7.30. The van der Waals surface area contributed by atoms with Gasteiger partial charge in [0.1, 0.15) is 6.33 Å². The maximum absolute atomic E-state index is 12.7. The van der Waals surface area contributed by atoms with Crippen LogP contribution in [0.1, 0.15) is 24.2 Å². The van der Waals surface area contributed by atoms with E-state index in [-0.39, 0.29) is 21.5 Å². The van der Waals surface area contributed by atoms with Crippen molar-refractivity contribution in [2.24, 2.45) is 0 Å². The molecule has 0 aliphatic rings. The summed E-state index contributed by atoms with van der Waals surface area (Å²) < 4.78 is 28.1. The molecule has 0 saturated carbocycles. The monoisotopic (exact) mass is 406 g/mol. The molecule has 3 aromatic rings. The minimum absolute atomic E-state index is 0.00346. The summed E-state index contributed by atoms with van der Waals surface area (Å²) in [6.07, 6.45) is 1.48. The summed E-state index contributed by atoms with van der Waals surface area (Å²) in [5, 5.41) is 0.156. The molecule has 1 amide bonds. The van der Waals surface area contributed by atoms with Crippen LogP contribution in [-0.2, 0) is 10.0 Å². The molecular formula is C18H19ClN4O3S. The van der Waals surface area contributed by atoms with E-state index in [1.165, 1.54) is 40.6 Å². The first-order chi connectivity index (χ1) is 12.7. The summed E-state index contributed by atoms with van der Waals surface area (Å²) in [4.78, 5) is 16.9. The van der Waals surface area contributed by atoms with Crippen LogP contribution in [-0.4, -0.2) is 41.4 Å². The predicted molar refractivity (Wildman–Crippen MR) is 105 cm³/mol. The van der Waals surface area contributed by atoms with Crippen molar-refractivity contribution in [1.29, 1.82) is 0 Å². The fourth-order valence-corrected chi connectivity index (χ4v) is 4.10. The zero-order chi connectivity index (χ0) is 19.8. The van der Waals surface area contributed by atoms with Crippen molar-refractivity contribution in [2.45, 2.75) is 24.8 Å². The molecule has 27 heavy (non-hydrogen) atoms. The number of amides is 1. The van der Waals surface area contributed by atoms with Gasteiger partial charge in [0.05, 0.1) is 26.5 Å². The standard InChI is InChI=1S/C18H19ClN4O3S/c1-12(2)22(3)27(25,26)13-8-9-15(19)14(10-13)18(24)21-23-11-20-16-6-4-5-7-17(16)23/h4-12H,1-3H3,(H,21,24). The van der Waals surface area contributed by atoms with E-state index in [2.05, 4.69) is 10.4 Å². The molecule has 0 aliphatic carbocycles. The number of hydrogen-bond acceptors (Lipinski definition) is 4. The Hall–Kier alpha value is -2.42. The zero-order valence-corrected chi connectivity index (χ0v) is 16.6. The maximum atomic E-state index is 12.7. The van der Waals surface area contributed by atoms with Gasteiger partial charge in [-0.2, -0.15) is 4.31 Å². The smallest absolute Gasteiger partial charge is 0.267 e. The number of halogens is 1. The average Bonchev–Trinajstić information content (AvgIpc) is 3.04. The van der Waals surface area contributed by atoms with Crippen LogP contribution in [0.15, 0.2) is 53.7 Å². The van der Waals surface area contributed by atoms with Gasteiger partial charge in [-0.05, 0) is 44.2 Å². The summed E-state index contributed by atoms with van der Waals surface area (Å²) in [7, 11) is -2.24. The van der Waals surface area contributed by atoms with Crippen molar-refractivity contribution in [1.82, 2.24) is 14.0 Å². The number of carbonyl (C=O) groups excluding carboxylic acids is 1. The number of sulfonamides is 1. The van der Waals surface area contributed by atoms with Gasteiger partial charge in [-0.25, -0.2) is 18.1 Å².